The van der Waals surface area contributed by atoms with Gasteiger partial charge in [0.2, 0.25) is 5.95 Å². The highest BCUT2D eigenvalue weighted by Gasteiger charge is 2.20. The number of aromatic nitrogens is 2. The Morgan fingerprint density at radius 1 is 0.926 bits per heavy atom. The number of para-hydroxylation sites is 1. The Labute approximate surface area is 160 Å². The minimum atomic E-state index is -0.128. The van der Waals surface area contributed by atoms with E-state index in [-0.39, 0.29) is 5.91 Å². The van der Waals surface area contributed by atoms with Crippen molar-refractivity contribution < 1.29 is 4.79 Å². The van der Waals surface area contributed by atoms with Crippen LogP contribution in [0.5, 0.6) is 0 Å². The van der Waals surface area contributed by atoms with Crippen molar-refractivity contribution in [2.24, 2.45) is 0 Å². The van der Waals surface area contributed by atoms with Gasteiger partial charge in [-0.15, -0.1) is 0 Å². The number of carbonyl (C=O) groups excluding carboxylic acids is 1. The summed E-state index contributed by atoms with van der Waals surface area (Å²) in [6.45, 7) is 6.42. The minimum Gasteiger partial charge on any atom is -0.314 e. The lowest BCUT2D eigenvalue weighted by Gasteiger charge is -2.22. The van der Waals surface area contributed by atoms with Gasteiger partial charge in [-0.1, -0.05) is 30.3 Å². The number of amides is 1. The van der Waals surface area contributed by atoms with Crippen LogP contribution < -0.4 is 9.80 Å². The van der Waals surface area contributed by atoms with E-state index in [1.807, 2.05) is 87.3 Å². The van der Waals surface area contributed by atoms with Crippen molar-refractivity contribution in [1.29, 1.82) is 0 Å². The topological polar surface area (TPSA) is 49.3 Å². The molecule has 0 bridgehead atoms. The summed E-state index contributed by atoms with van der Waals surface area (Å²) in [5.41, 5.74) is 4.10. The van der Waals surface area contributed by atoms with E-state index in [1.54, 1.807) is 11.0 Å². The summed E-state index contributed by atoms with van der Waals surface area (Å²) >= 11 is 0. The summed E-state index contributed by atoms with van der Waals surface area (Å²) in [6, 6.07) is 19.5. The van der Waals surface area contributed by atoms with Crippen LogP contribution in [0.25, 0.3) is 0 Å². The molecule has 138 valence electrons. The predicted octanol–water partition coefficient (Wildman–Crippen LogP) is 4.53. The highest BCUT2D eigenvalue weighted by molar-refractivity contribution is 6.05. The Hall–Kier alpha value is -3.21. The third-order valence-electron chi connectivity index (χ3n) is 4.38. The standard InChI is InChI=1S/C22H24N4O/c1-5-26(19-13-9-10-16(2)14-19)21(27)20-15-17(3)23-22(24-20)25(4)18-11-7-6-8-12-18/h6-15H,5H2,1-4H3. The second kappa shape index (κ2) is 7.99. The number of benzene rings is 2. The molecule has 0 radical (unpaired) electrons. The predicted molar refractivity (Wildman–Crippen MR) is 110 cm³/mol. The molecule has 0 unspecified atom stereocenters. The zero-order chi connectivity index (χ0) is 19.4. The van der Waals surface area contributed by atoms with Crippen molar-refractivity contribution in [3.05, 3.63) is 77.6 Å². The molecule has 0 aliphatic heterocycles. The summed E-state index contributed by atoms with van der Waals surface area (Å²) in [6.07, 6.45) is 0. The molecule has 1 heterocycles. The Balaban J connectivity index is 1.96. The first-order chi connectivity index (χ1) is 13.0. The molecule has 3 rings (SSSR count). The van der Waals surface area contributed by atoms with E-state index in [2.05, 4.69) is 9.97 Å². The van der Waals surface area contributed by atoms with Gasteiger partial charge in [0.15, 0.2) is 0 Å². The molecule has 0 N–H and O–H groups in total. The first-order valence-corrected chi connectivity index (χ1v) is 9.02. The fourth-order valence-corrected chi connectivity index (χ4v) is 2.96. The van der Waals surface area contributed by atoms with Gasteiger partial charge in [0, 0.05) is 30.7 Å². The number of aryl methyl sites for hydroxylation is 2. The molecule has 1 amide bonds. The maximum Gasteiger partial charge on any atom is 0.277 e. The Kier molecular flexibility index (Phi) is 5.50. The number of carbonyl (C=O) groups is 1. The SMILES string of the molecule is CCN(C(=O)c1cc(C)nc(N(C)c2ccccc2)n1)c1cccc(C)c1. The van der Waals surface area contributed by atoms with Crippen LogP contribution in [0.4, 0.5) is 17.3 Å². The van der Waals surface area contributed by atoms with Gasteiger partial charge in [0.05, 0.1) is 0 Å². The lowest BCUT2D eigenvalue weighted by molar-refractivity contribution is 0.0983. The third kappa shape index (κ3) is 4.14. The van der Waals surface area contributed by atoms with Gasteiger partial charge in [0.25, 0.3) is 5.91 Å². The second-order valence-corrected chi connectivity index (χ2v) is 6.48. The molecule has 27 heavy (non-hydrogen) atoms. The summed E-state index contributed by atoms with van der Waals surface area (Å²) in [5.74, 6) is 0.376. The molecular formula is C22H24N4O. The van der Waals surface area contributed by atoms with Gasteiger partial charge in [0.1, 0.15) is 5.69 Å². The normalized spacial score (nSPS) is 10.5. The van der Waals surface area contributed by atoms with Crippen molar-refractivity contribution >= 4 is 23.2 Å². The smallest absolute Gasteiger partial charge is 0.277 e. The molecular weight excluding hydrogens is 336 g/mol. The maximum absolute atomic E-state index is 13.2. The van der Waals surface area contributed by atoms with Crippen molar-refractivity contribution in [3.63, 3.8) is 0 Å². The summed E-state index contributed by atoms with van der Waals surface area (Å²) in [5, 5.41) is 0. The van der Waals surface area contributed by atoms with Crippen LogP contribution in [0.2, 0.25) is 0 Å². The molecule has 0 spiro atoms. The van der Waals surface area contributed by atoms with Gasteiger partial charge >= 0.3 is 0 Å². The van der Waals surface area contributed by atoms with Gasteiger partial charge < -0.3 is 9.80 Å². The lowest BCUT2D eigenvalue weighted by atomic mass is 10.2. The van der Waals surface area contributed by atoms with Crippen LogP contribution in [0.1, 0.15) is 28.7 Å². The third-order valence-corrected chi connectivity index (χ3v) is 4.38. The van der Waals surface area contributed by atoms with Crippen molar-refractivity contribution in [1.82, 2.24) is 9.97 Å². The second-order valence-electron chi connectivity index (χ2n) is 6.48. The van der Waals surface area contributed by atoms with E-state index in [9.17, 15) is 4.79 Å². The number of hydrogen-bond acceptors (Lipinski definition) is 4. The van der Waals surface area contributed by atoms with Crippen LogP contribution in [0.3, 0.4) is 0 Å². The van der Waals surface area contributed by atoms with Gasteiger partial charge in [-0.05, 0) is 56.7 Å². The largest absolute Gasteiger partial charge is 0.314 e. The van der Waals surface area contributed by atoms with E-state index in [0.717, 1.165) is 22.6 Å². The molecule has 0 saturated heterocycles. The number of nitrogens with zero attached hydrogens (tertiary/aromatic N) is 4. The molecule has 0 atom stereocenters. The maximum atomic E-state index is 13.2. The van der Waals surface area contributed by atoms with E-state index in [0.29, 0.717) is 18.2 Å². The van der Waals surface area contributed by atoms with E-state index >= 15 is 0 Å². The van der Waals surface area contributed by atoms with Crippen molar-refractivity contribution in [2.45, 2.75) is 20.8 Å². The Morgan fingerprint density at radius 3 is 2.30 bits per heavy atom. The molecule has 0 saturated carbocycles. The summed E-state index contributed by atoms with van der Waals surface area (Å²) in [4.78, 5) is 25.8. The molecule has 1 aromatic heterocycles. The molecule has 0 aliphatic carbocycles. The highest BCUT2D eigenvalue weighted by Crippen LogP contribution is 2.22. The number of hydrogen-bond donors (Lipinski definition) is 0. The van der Waals surface area contributed by atoms with Gasteiger partial charge in [-0.25, -0.2) is 9.97 Å². The zero-order valence-corrected chi connectivity index (χ0v) is 16.2. The molecule has 2 aromatic carbocycles. The first kappa shape index (κ1) is 18.6. The number of anilines is 3. The fraction of sp³-hybridized carbons (Fsp3) is 0.227. The monoisotopic (exact) mass is 360 g/mol. The Bertz CT molecular complexity index is 940. The lowest BCUT2D eigenvalue weighted by Crippen LogP contribution is -2.32. The molecule has 5 nitrogen and oxygen atoms in total. The Morgan fingerprint density at radius 2 is 1.63 bits per heavy atom. The van der Waals surface area contributed by atoms with Crippen molar-refractivity contribution in [3.8, 4) is 0 Å². The van der Waals surface area contributed by atoms with Crippen LogP contribution in [0, 0.1) is 13.8 Å². The van der Waals surface area contributed by atoms with Crippen LogP contribution in [-0.2, 0) is 0 Å². The molecule has 5 heteroatoms. The van der Waals surface area contributed by atoms with E-state index < -0.39 is 0 Å². The number of rotatable bonds is 5. The first-order valence-electron chi connectivity index (χ1n) is 9.02. The van der Waals surface area contributed by atoms with E-state index in [4.69, 9.17) is 0 Å². The molecule has 0 aliphatic rings. The molecule has 0 fully saturated rings. The summed E-state index contributed by atoms with van der Waals surface area (Å²) < 4.78 is 0. The van der Waals surface area contributed by atoms with Crippen LogP contribution in [0.15, 0.2) is 60.7 Å². The fourth-order valence-electron chi connectivity index (χ4n) is 2.96. The zero-order valence-electron chi connectivity index (χ0n) is 16.2. The van der Waals surface area contributed by atoms with Crippen LogP contribution >= 0.6 is 0 Å². The van der Waals surface area contributed by atoms with Gasteiger partial charge in [-0.3, -0.25) is 4.79 Å². The average Bonchev–Trinajstić information content (AvgIpc) is 2.68. The highest BCUT2D eigenvalue weighted by atomic mass is 16.2. The average molecular weight is 360 g/mol. The summed E-state index contributed by atoms with van der Waals surface area (Å²) in [7, 11) is 1.90. The quantitative estimate of drug-likeness (QED) is 0.671. The minimum absolute atomic E-state index is 0.128. The van der Waals surface area contributed by atoms with Crippen molar-refractivity contribution in [2.75, 3.05) is 23.4 Å². The van der Waals surface area contributed by atoms with Crippen LogP contribution in [-0.4, -0.2) is 29.5 Å². The van der Waals surface area contributed by atoms with Gasteiger partial charge in [-0.2, -0.15) is 0 Å². The molecule has 3 aromatic rings. The van der Waals surface area contributed by atoms with E-state index in [1.165, 1.54) is 0 Å².